The molecule has 2 aromatic heterocycles. The number of anilines is 1. The predicted molar refractivity (Wildman–Crippen MR) is 94.6 cm³/mol. The fourth-order valence-electron chi connectivity index (χ4n) is 3.12. The van der Waals surface area contributed by atoms with E-state index in [-0.39, 0.29) is 6.61 Å². The molecule has 0 aromatic carbocycles. The van der Waals surface area contributed by atoms with Crippen LogP contribution in [-0.4, -0.2) is 57.0 Å². The monoisotopic (exact) mass is 358 g/mol. The van der Waals surface area contributed by atoms with Crippen LogP contribution in [-0.2, 0) is 4.74 Å². The Bertz CT molecular complexity index is 865. The molecule has 1 amide bonds. The van der Waals surface area contributed by atoms with E-state index in [2.05, 4.69) is 26.3 Å². The van der Waals surface area contributed by atoms with Gasteiger partial charge >= 0.3 is 6.09 Å². The van der Waals surface area contributed by atoms with Gasteiger partial charge in [-0.3, -0.25) is 0 Å². The first kappa shape index (κ1) is 17.9. The molecule has 1 atom stereocenters. The molecule has 3 N–H and O–H groups in total. The third-order valence-corrected chi connectivity index (χ3v) is 4.29. The Morgan fingerprint density at radius 2 is 2.31 bits per heavy atom. The quantitative estimate of drug-likeness (QED) is 0.754. The summed E-state index contributed by atoms with van der Waals surface area (Å²) in [5.74, 6) is 0.606. The summed E-state index contributed by atoms with van der Waals surface area (Å²) in [6.45, 7) is 6.04. The van der Waals surface area contributed by atoms with Crippen LogP contribution in [0.5, 0.6) is 0 Å². The molecular weight excluding hydrogens is 336 g/mol. The maximum atomic E-state index is 12.2. The highest BCUT2D eigenvalue weighted by molar-refractivity contribution is 5.93. The number of carbonyl (C=O) groups is 1. The number of fused-ring (bicyclic) bond motifs is 1. The van der Waals surface area contributed by atoms with Gasteiger partial charge in [0.15, 0.2) is 0 Å². The molecule has 9 nitrogen and oxygen atoms in total. The summed E-state index contributed by atoms with van der Waals surface area (Å²) in [6.07, 6.45) is 2.98. The number of nitriles is 1. The Hall–Kier alpha value is -2.86. The molecule has 3 rings (SSSR count). The number of aliphatic hydroxyl groups is 1. The zero-order chi connectivity index (χ0) is 18.9. The molecule has 1 aliphatic rings. The number of aliphatic hydroxyl groups excluding tert-OH is 1. The van der Waals surface area contributed by atoms with Crippen LogP contribution in [0, 0.1) is 11.3 Å². The zero-order valence-electron chi connectivity index (χ0n) is 15.0. The number of H-pyrrole nitrogens is 1. The Labute approximate surface area is 151 Å². The van der Waals surface area contributed by atoms with E-state index < -0.39 is 17.2 Å². The molecule has 0 saturated carbocycles. The lowest BCUT2D eigenvalue weighted by molar-refractivity contribution is 0.0417. The molecule has 1 fully saturated rings. The standard InChI is InChI=1S/C17H22N6O3/c1-16(2,3)26-15(25)22-17(9-24)4-5-23(8-17)14-12-11(6-18)7-19-13(12)20-10-21-14/h7,10,24H,4-5,8-9H2,1-3H3,(H,22,25)(H,19,20,21). The Balaban J connectivity index is 1.84. The highest BCUT2D eigenvalue weighted by Gasteiger charge is 2.41. The number of ether oxygens (including phenoxy) is 1. The second-order valence-electron chi connectivity index (χ2n) is 7.47. The first-order valence-corrected chi connectivity index (χ1v) is 8.36. The molecule has 0 radical (unpaired) electrons. The number of hydrogen-bond acceptors (Lipinski definition) is 7. The molecule has 1 saturated heterocycles. The predicted octanol–water partition coefficient (Wildman–Crippen LogP) is 1.30. The number of aromatic amines is 1. The first-order chi connectivity index (χ1) is 12.3. The summed E-state index contributed by atoms with van der Waals surface area (Å²) in [5, 5.41) is 22.7. The molecule has 9 heteroatoms. The van der Waals surface area contributed by atoms with Gasteiger partial charge in [-0.1, -0.05) is 0 Å². The molecule has 0 bridgehead atoms. The number of amides is 1. The SMILES string of the molecule is CC(C)(C)OC(=O)NC1(CO)CCN(c2ncnc3[nH]cc(C#N)c23)C1. The summed E-state index contributed by atoms with van der Waals surface area (Å²) in [5.41, 5.74) is -0.418. The van der Waals surface area contributed by atoms with Crippen molar-refractivity contribution in [2.45, 2.75) is 38.3 Å². The van der Waals surface area contributed by atoms with Crippen molar-refractivity contribution < 1.29 is 14.6 Å². The maximum Gasteiger partial charge on any atom is 0.408 e. The fourth-order valence-corrected chi connectivity index (χ4v) is 3.12. The largest absolute Gasteiger partial charge is 0.444 e. The van der Waals surface area contributed by atoms with Crippen molar-refractivity contribution in [1.82, 2.24) is 20.3 Å². The Morgan fingerprint density at radius 3 is 2.96 bits per heavy atom. The van der Waals surface area contributed by atoms with Crippen LogP contribution in [0.15, 0.2) is 12.5 Å². The van der Waals surface area contributed by atoms with Crippen LogP contribution in [0.1, 0.15) is 32.8 Å². The lowest BCUT2D eigenvalue weighted by Gasteiger charge is -2.30. The smallest absolute Gasteiger partial charge is 0.408 e. The van der Waals surface area contributed by atoms with Crippen molar-refractivity contribution >= 4 is 22.9 Å². The minimum atomic E-state index is -0.831. The molecule has 3 heterocycles. The number of rotatable bonds is 3. The normalized spacial score (nSPS) is 20.2. The summed E-state index contributed by atoms with van der Waals surface area (Å²) in [7, 11) is 0. The van der Waals surface area contributed by atoms with E-state index in [1.165, 1.54) is 6.33 Å². The molecule has 2 aromatic rings. The number of carbonyl (C=O) groups excluding carboxylic acids is 1. The highest BCUT2D eigenvalue weighted by Crippen LogP contribution is 2.31. The van der Waals surface area contributed by atoms with Crippen molar-refractivity contribution in [3.8, 4) is 6.07 Å². The van der Waals surface area contributed by atoms with Crippen molar-refractivity contribution in [3.63, 3.8) is 0 Å². The molecular formula is C17H22N6O3. The van der Waals surface area contributed by atoms with Crippen LogP contribution in [0.2, 0.25) is 0 Å². The highest BCUT2D eigenvalue weighted by atomic mass is 16.6. The summed E-state index contributed by atoms with van der Waals surface area (Å²) < 4.78 is 5.31. The second kappa shape index (κ2) is 6.46. The van der Waals surface area contributed by atoms with Crippen molar-refractivity contribution in [1.29, 1.82) is 5.26 Å². The Morgan fingerprint density at radius 1 is 1.54 bits per heavy atom. The zero-order valence-corrected chi connectivity index (χ0v) is 15.0. The minimum Gasteiger partial charge on any atom is -0.444 e. The maximum absolute atomic E-state index is 12.2. The second-order valence-corrected chi connectivity index (χ2v) is 7.47. The molecule has 1 aliphatic heterocycles. The van der Waals surface area contributed by atoms with Gasteiger partial charge in [0.25, 0.3) is 0 Å². The third kappa shape index (κ3) is 3.41. The van der Waals surface area contributed by atoms with Gasteiger partial charge in [-0.15, -0.1) is 0 Å². The minimum absolute atomic E-state index is 0.227. The molecule has 1 unspecified atom stereocenters. The summed E-state index contributed by atoms with van der Waals surface area (Å²) >= 11 is 0. The van der Waals surface area contributed by atoms with E-state index in [0.717, 1.165) is 0 Å². The van der Waals surface area contributed by atoms with Gasteiger partial charge < -0.3 is 25.0 Å². The average molecular weight is 358 g/mol. The van der Waals surface area contributed by atoms with E-state index in [1.54, 1.807) is 27.0 Å². The first-order valence-electron chi connectivity index (χ1n) is 8.36. The van der Waals surface area contributed by atoms with Gasteiger partial charge in [0, 0.05) is 19.3 Å². The number of alkyl carbamates (subject to hydrolysis) is 1. The van der Waals surface area contributed by atoms with Crippen LogP contribution in [0.25, 0.3) is 11.0 Å². The molecule has 26 heavy (non-hydrogen) atoms. The fraction of sp³-hybridized carbons (Fsp3) is 0.529. The van der Waals surface area contributed by atoms with Gasteiger partial charge in [-0.05, 0) is 27.2 Å². The van der Waals surface area contributed by atoms with E-state index in [4.69, 9.17) is 4.74 Å². The Kier molecular flexibility index (Phi) is 4.46. The van der Waals surface area contributed by atoms with Gasteiger partial charge in [-0.2, -0.15) is 5.26 Å². The molecule has 138 valence electrons. The van der Waals surface area contributed by atoms with E-state index in [0.29, 0.717) is 41.9 Å². The number of nitrogens with zero attached hydrogens (tertiary/aromatic N) is 4. The lowest BCUT2D eigenvalue weighted by Crippen LogP contribution is -2.54. The van der Waals surface area contributed by atoms with Crippen LogP contribution in [0.3, 0.4) is 0 Å². The van der Waals surface area contributed by atoms with Crippen LogP contribution in [0.4, 0.5) is 10.6 Å². The van der Waals surface area contributed by atoms with Crippen LogP contribution >= 0.6 is 0 Å². The number of nitrogens with one attached hydrogen (secondary N) is 2. The number of aromatic nitrogens is 3. The lowest BCUT2D eigenvalue weighted by atomic mass is 10.0. The third-order valence-electron chi connectivity index (χ3n) is 4.29. The number of hydrogen-bond donors (Lipinski definition) is 3. The van der Waals surface area contributed by atoms with Gasteiger partial charge in [0.05, 0.1) is 23.1 Å². The average Bonchev–Trinajstić information content (AvgIpc) is 3.17. The molecule has 0 spiro atoms. The van der Waals surface area contributed by atoms with Gasteiger partial charge in [-0.25, -0.2) is 14.8 Å². The summed E-state index contributed by atoms with van der Waals surface area (Å²) in [6, 6.07) is 2.13. The van der Waals surface area contributed by atoms with E-state index >= 15 is 0 Å². The summed E-state index contributed by atoms with van der Waals surface area (Å²) in [4.78, 5) is 25.5. The topological polar surface area (TPSA) is 127 Å². The van der Waals surface area contributed by atoms with Crippen LogP contribution < -0.4 is 10.2 Å². The van der Waals surface area contributed by atoms with Gasteiger partial charge in [0.1, 0.15) is 29.5 Å². The van der Waals surface area contributed by atoms with Crippen molar-refractivity contribution in [3.05, 3.63) is 18.1 Å². The molecule has 0 aliphatic carbocycles. The van der Waals surface area contributed by atoms with E-state index in [1.807, 2.05) is 4.90 Å². The van der Waals surface area contributed by atoms with Crippen molar-refractivity contribution in [2.24, 2.45) is 0 Å². The van der Waals surface area contributed by atoms with E-state index in [9.17, 15) is 15.2 Å². The van der Waals surface area contributed by atoms with Crippen molar-refractivity contribution in [2.75, 3.05) is 24.6 Å². The van der Waals surface area contributed by atoms with Gasteiger partial charge in [0.2, 0.25) is 0 Å².